The van der Waals surface area contributed by atoms with E-state index in [1.165, 1.54) is 0 Å². The van der Waals surface area contributed by atoms with E-state index in [4.69, 9.17) is 11.6 Å². The van der Waals surface area contributed by atoms with Gasteiger partial charge >= 0.3 is 0 Å². The molecule has 1 aromatic heterocycles. The van der Waals surface area contributed by atoms with E-state index < -0.39 is 0 Å². The number of aromatic nitrogens is 2. The number of hydrogen-bond donors (Lipinski definition) is 0. The molecule has 0 saturated carbocycles. The Morgan fingerprint density at radius 3 is 2.39 bits per heavy atom. The topological polar surface area (TPSA) is 25.8 Å². The summed E-state index contributed by atoms with van der Waals surface area (Å²) in [5.41, 5.74) is 1.05. The van der Waals surface area contributed by atoms with E-state index in [0.717, 1.165) is 26.6 Å². The zero-order valence-corrected chi connectivity index (χ0v) is 15.3. The molecule has 1 heterocycles. The summed E-state index contributed by atoms with van der Waals surface area (Å²) in [4.78, 5) is 9.05. The second-order valence-corrected chi connectivity index (χ2v) is 8.22. The van der Waals surface area contributed by atoms with Gasteiger partial charge in [-0.15, -0.1) is 0 Å². The molecule has 1 rings (SSSR count). The van der Waals surface area contributed by atoms with E-state index in [-0.39, 0.29) is 5.41 Å². The Labute approximate surface area is 133 Å². The molecule has 0 aliphatic carbocycles. The Kier molecular flexibility index (Phi) is 6.19. The van der Waals surface area contributed by atoms with Crippen LogP contribution >= 0.6 is 46.0 Å². The van der Waals surface area contributed by atoms with Gasteiger partial charge in [0.1, 0.15) is 11.0 Å². The molecule has 18 heavy (non-hydrogen) atoms. The maximum atomic E-state index is 6.20. The second-order valence-electron chi connectivity index (χ2n) is 5.75. The fourth-order valence-corrected chi connectivity index (χ4v) is 3.55. The van der Waals surface area contributed by atoms with Crippen molar-refractivity contribution in [2.45, 2.75) is 45.8 Å². The lowest BCUT2D eigenvalue weighted by Crippen LogP contribution is -2.18. The van der Waals surface area contributed by atoms with Crippen molar-refractivity contribution in [3.05, 3.63) is 20.2 Å². The zero-order valence-electron chi connectivity index (χ0n) is 11.6. The zero-order chi connectivity index (χ0) is 13.9. The van der Waals surface area contributed by atoms with E-state index in [1.54, 1.807) is 0 Å². The predicted octanol–water partition coefficient (Wildman–Crippen LogP) is 4.92. The summed E-state index contributed by atoms with van der Waals surface area (Å²) >= 11 is 10.3. The predicted molar refractivity (Wildman–Crippen MR) is 89.5 cm³/mol. The quantitative estimate of drug-likeness (QED) is 0.532. The van der Waals surface area contributed by atoms with Crippen molar-refractivity contribution in [3.8, 4) is 0 Å². The molecule has 0 fully saturated rings. The average molecular weight is 399 g/mol. The lowest BCUT2D eigenvalue weighted by atomic mass is 9.92. The number of rotatable bonds is 4. The van der Waals surface area contributed by atoms with Gasteiger partial charge in [-0.1, -0.05) is 46.2 Å². The fraction of sp³-hybridized carbons (Fsp3) is 0.692. The minimum Gasteiger partial charge on any atom is -0.235 e. The van der Waals surface area contributed by atoms with Gasteiger partial charge in [-0.25, -0.2) is 9.97 Å². The average Bonchev–Trinajstić information content (AvgIpc) is 2.20. The third kappa shape index (κ3) is 4.85. The summed E-state index contributed by atoms with van der Waals surface area (Å²) in [5.74, 6) is 3.49. The van der Waals surface area contributed by atoms with E-state index >= 15 is 0 Å². The standard InChI is InChI=1S/C13H20ClIN2S/c1-8(2)6-18-7-9-16-11(13(3,4)5)10(15)12(14)17-9/h8H,6-7H2,1-5H3. The normalized spacial score (nSPS) is 12.2. The molecule has 0 bridgehead atoms. The first-order valence-corrected chi connectivity index (χ1v) is 8.63. The van der Waals surface area contributed by atoms with Gasteiger partial charge in [0, 0.05) is 5.41 Å². The van der Waals surface area contributed by atoms with Crippen LogP contribution in [0.15, 0.2) is 0 Å². The first-order chi connectivity index (χ1) is 8.21. The summed E-state index contributed by atoms with van der Waals surface area (Å²) in [6, 6.07) is 0. The molecule has 0 aliphatic heterocycles. The minimum absolute atomic E-state index is 0.000563. The van der Waals surface area contributed by atoms with Gasteiger partial charge in [-0.3, -0.25) is 0 Å². The molecular formula is C13H20ClIN2S. The summed E-state index contributed by atoms with van der Waals surface area (Å²) < 4.78 is 0.972. The number of halogens is 2. The monoisotopic (exact) mass is 398 g/mol. The highest BCUT2D eigenvalue weighted by molar-refractivity contribution is 14.1. The molecule has 0 saturated heterocycles. The molecule has 5 heteroatoms. The van der Waals surface area contributed by atoms with Crippen LogP contribution in [0.3, 0.4) is 0 Å². The van der Waals surface area contributed by atoms with Crippen molar-refractivity contribution >= 4 is 46.0 Å². The van der Waals surface area contributed by atoms with Crippen LogP contribution in [-0.4, -0.2) is 15.7 Å². The third-order valence-corrected chi connectivity index (χ3v) is 5.23. The number of hydrogen-bond acceptors (Lipinski definition) is 3. The maximum absolute atomic E-state index is 6.20. The summed E-state index contributed by atoms with van der Waals surface area (Å²) in [6.45, 7) is 10.9. The van der Waals surface area contributed by atoms with Crippen molar-refractivity contribution in [1.82, 2.24) is 9.97 Å². The van der Waals surface area contributed by atoms with E-state index in [0.29, 0.717) is 11.1 Å². The lowest BCUT2D eigenvalue weighted by molar-refractivity contribution is 0.559. The van der Waals surface area contributed by atoms with Crippen molar-refractivity contribution in [2.24, 2.45) is 5.92 Å². The molecule has 0 amide bonds. The highest BCUT2D eigenvalue weighted by Gasteiger charge is 2.22. The third-order valence-electron chi connectivity index (χ3n) is 2.25. The van der Waals surface area contributed by atoms with Gasteiger partial charge in [0.05, 0.1) is 15.0 Å². The molecule has 1 aromatic rings. The Bertz CT molecular complexity index is 416. The Morgan fingerprint density at radius 1 is 1.28 bits per heavy atom. The molecular weight excluding hydrogens is 379 g/mol. The van der Waals surface area contributed by atoms with Crippen molar-refractivity contribution in [3.63, 3.8) is 0 Å². The van der Waals surface area contributed by atoms with Gasteiger partial charge in [0.15, 0.2) is 0 Å². The van der Waals surface area contributed by atoms with Gasteiger partial charge in [0.25, 0.3) is 0 Å². The van der Waals surface area contributed by atoms with Crippen LogP contribution in [0.4, 0.5) is 0 Å². The highest BCUT2D eigenvalue weighted by Crippen LogP contribution is 2.29. The summed E-state index contributed by atoms with van der Waals surface area (Å²) in [6.07, 6.45) is 0. The van der Waals surface area contributed by atoms with Crippen LogP contribution in [0.5, 0.6) is 0 Å². The molecule has 0 unspecified atom stereocenters. The highest BCUT2D eigenvalue weighted by atomic mass is 127. The Balaban J connectivity index is 2.91. The molecule has 0 aromatic carbocycles. The maximum Gasteiger partial charge on any atom is 0.146 e. The van der Waals surface area contributed by atoms with Crippen LogP contribution in [0.1, 0.15) is 46.1 Å². The van der Waals surface area contributed by atoms with Gasteiger partial charge in [-0.2, -0.15) is 11.8 Å². The smallest absolute Gasteiger partial charge is 0.146 e. The molecule has 0 N–H and O–H groups in total. The van der Waals surface area contributed by atoms with E-state index in [2.05, 4.69) is 67.2 Å². The van der Waals surface area contributed by atoms with Crippen LogP contribution in [0, 0.1) is 9.49 Å². The largest absolute Gasteiger partial charge is 0.235 e. The molecule has 0 aliphatic rings. The van der Waals surface area contributed by atoms with Crippen LogP contribution < -0.4 is 0 Å². The first-order valence-electron chi connectivity index (χ1n) is 6.02. The molecule has 0 spiro atoms. The summed E-state index contributed by atoms with van der Waals surface area (Å²) in [7, 11) is 0. The molecule has 102 valence electrons. The second kappa shape index (κ2) is 6.75. The first kappa shape index (κ1) is 16.5. The SMILES string of the molecule is CC(C)CSCc1nc(Cl)c(I)c(C(C)(C)C)n1. The van der Waals surface area contributed by atoms with E-state index in [1.807, 2.05) is 11.8 Å². The van der Waals surface area contributed by atoms with Crippen LogP contribution in [-0.2, 0) is 11.2 Å². The lowest BCUT2D eigenvalue weighted by Gasteiger charge is -2.20. The van der Waals surface area contributed by atoms with Crippen molar-refractivity contribution in [1.29, 1.82) is 0 Å². The van der Waals surface area contributed by atoms with Crippen LogP contribution in [0.25, 0.3) is 0 Å². The molecule has 0 radical (unpaired) electrons. The molecule has 2 nitrogen and oxygen atoms in total. The number of nitrogens with zero attached hydrogens (tertiary/aromatic N) is 2. The van der Waals surface area contributed by atoms with Gasteiger partial charge < -0.3 is 0 Å². The summed E-state index contributed by atoms with van der Waals surface area (Å²) in [5, 5.41) is 0.579. The molecule has 0 atom stereocenters. The van der Waals surface area contributed by atoms with Crippen molar-refractivity contribution in [2.75, 3.05) is 5.75 Å². The van der Waals surface area contributed by atoms with Gasteiger partial charge in [0.2, 0.25) is 0 Å². The Morgan fingerprint density at radius 2 is 1.89 bits per heavy atom. The van der Waals surface area contributed by atoms with E-state index in [9.17, 15) is 0 Å². The Hall–Kier alpha value is 0.450. The number of thioether (sulfide) groups is 1. The fourth-order valence-electron chi connectivity index (χ4n) is 1.41. The van der Waals surface area contributed by atoms with Gasteiger partial charge in [-0.05, 0) is 34.3 Å². The van der Waals surface area contributed by atoms with Crippen molar-refractivity contribution < 1.29 is 0 Å². The minimum atomic E-state index is 0.000563. The van der Waals surface area contributed by atoms with Crippen LogP contribution in [0.2, 0.25) is 5.15 Å².